The van der Waals surface area contributed by atoms with E-state index in [9.17, 15) is 4.79 Å². The van der Waals surface area contributed by atoms with Gasteiger partial charge in [-0.1, -0.05) is 44.2 Å². The zero-order valence-corrected chi connectivity index (χ0v) is 14.4. The van der Waals surface area contributed by atoms with Gasteiger partial charge in [0.25, 0.3) is 0 Å². The Labute approximate surface area is 139 Å². The largest absolute Gasteiger partial charge is 0.379 e. The smallest absolute Gasteiger partial charge is 0.244 e. The average molecular weight is 319 g/mol. The minimum atomic E-state index is -1.02. The summed E-state index contributed by atoms with van der Waals surface area (Å²) in [6, 6.07) is 9.80. The number of hydrogen-bond donors (Lipinski definition) is 2. The van der Waals surface area contributed by atoms with Crippen LogP contribution in [0, 0.1) is 5.92 Å². The number of amides is 1. The zero-order chi connectivity index (χ0) is 16.9. The van der Waals surface area contributed by atoms with Gasteiger partial charge in [-0.15, -0.1) is 0 Å². The molecule has 5 nitrogen and oxygen atoms in total. The summed E-state index contributed by atoms with van der Waals surface area (Å²) in [6.45, 7) is 10.1. The van der Waals surface area contributed by atoms with E-state index in [0.29, 0.717) is 18.5 Å². The summed E-state index contributed by atoms with van der Waals surface area (Å²) < 4.78 is 5.42. The minimum Gasteiger partial charge on any atom is -0.379 e. The van der Waals surface area contributed by atoms with Gasteiger partial charge in [-0.25, -0.2) is 0 Å². The maximum Gasteiger partial charge on any atom is 0.244 e. The van der Waals surface area contributed by atoms with Crippen molar-refractivity contribution in [2.75, 3.05) is 32.8 Å². The molecule has 23 heavy (non-hydrogen) atoms. The van der Waals surface area contributed by atoms with Crippen molar-refractivity contribution in [3.05, 3.63) is 35.9 Å². The molecule has 3 N–H and O–H groups in total. The normalized spacial score (nSPS) is 20.0. The second-order valence-corrected chi connectivity index (χ2v) is 6.74. The number of nitrogens with two attached hydrogens (primary N) is 1. The number of hydrogen-bond acceptors (Lipinski definition) is 4. The standard InChI is InChI=1S/C18H29N3O2/c1-14(2)16(21-9-11-23-12-10-21)13-20-17(22)18(3,19)15-7-5-4-6-8-15/h4-8,14,16H,9-13,19H2,1-3H3,(H,20,22). The van der Waals surface area contributed by atoms with E-state index in [0.717, 1.165) is 31.9 Å². The summed E-state index contributed by atoms with van der Waals surface area (Å²) in [5.41, 5.74) is 6.08. The number of nitrogens with zero attached hydrogens (tertiary/aromatic N) is 1. The van der Waals surface area contributed by atoms with Crippen LogP contribution in [0.3, 0.4) is 0 Å². The molecule has 1 aliphatic heterocycles. The van der Waals surface area contributed by atoms with Gasteiger partial charge in [0.15, 0.2) is 0 Å². The molecule has 1 aliphatic rings. The highest BCUT2D eigenvalue weighted by Crippen LogP contribution is 2.18. The van der Waals surface area contributed by atoms with E-state index in [2.05, 4.69) is 24.1 Å². The van der Waals surface area contributed by atoms with Crippen LogP contribution in [0.1, 0.15) is 26.3 Å². The van der Waals surface area contributed by atoms with Crippen molar-refractivity contribution < 1.29 is 9.53 Å². The summed E-state index contributed by atoms with van der Waals surface area (Å²) in [6.07, 6.45) is 0. The summed E-state index contributed by atoms with van der Waals surface area (Å²) in [5, 5.41) is 3.05. The molecule has 0 bridgehead atoms. The Hall–Kier alpha value is -1.43. The number of benzene rings is 1. The SMILES string of the molecule is CC(C)C(CNC(=O)C(C)(N)c1ccccc1)N1CCOCC1. The molecular weight excluding hydrogens is 290 g/mol. The van der Waals surface area contributed by atoms with Crippen LogP contribution in [0.15, 0.2) is 30.3 Å². The van der Waals surface area contributed by atoms with E-state index in [1.54, 1.807) is 6.92 Å². The van der Waals surface area contributed by atoms with Crippen LogP contribution in [0.25, 0.3) is 0 Å². The molecular formula is C18H29N3O2. The molecule has 0 aromatic heterocycles. The summed E-state index contributed by atoms with van der Waals surface area (Å²) in [4.78, 5) is 15.0. The van der Waals surface area contributed by atoms with Crippen molar-refractivity contribution in [1.82, 2.24) is 10.2 Å². The fraction of sp³-hybridized carbons (Fsp3) is 0.611. The number of ether oxygens (including phenoxy) is 1. The van der Waals surface area contributed by atoms with Gasteiger partial charge in [0.1, 0.15) is 5.54 Å². The maximum atomic E-state index is 12.6. The highest BCUT2D eigenvalue weighted by atomic mass is 16.5. The third-order valence-electron chi connectivity index (χ3n) is 4.60. The van der Waals surface area contributed by atoms with Crippen LogP contribution in [0.4, 0.5) is 0 Å². The van der Waals surface area contributed by atoms with Crippen molar-refractivity contribution in [1.29, 1.82) is 0 Å². The number of carbonyl (C=O) groups is 1. The van der Waals surface area contributed by atoms with Gasteiger partial charge in [-0.05, 0) is 18.4 Å². The van der Waals surface area contributed by atoms with Crippen molar-refractivity contribution in [2.24, 2.45) is 11.7 Å². The molecule has 2 rings (SSSR count). The monoisotopic (exact) mass is 319 g/mol. The lowest BCUT2D eigenvalue weighted by Gasteiger charge is -2.37. The Kier molecular flexibility index (Phi) is 6.16. The fourth-order valence-electron chi connectivity index (χ4n) is 2.99. The van der Waals surface area contributed by atoms with Crippen LogP contribution < -0.4 is 11.1 Å². The third kappa shape index (κ3) is 4.53. The van der Waals surface area contributed by atoms with Crippen LogP contribution in [-0.2, 0) is 15.1 Å². The van der Waals surface area contributed by atoms with E-state index in [-0.39, 0.29) is 5.91 Å². The Bertz CT molecular complexity index is 496. The molecule has 1 aromatic carbocycles. The lowest BCUT2D eigenvalue weighted by Crippen LogP contribution is -2.55. The molecule has 1 heterocycles. The van der Waals surface area contributed by atoms with Gasteiger partial charge in [0.2, 0.25) is 5.91 Å². The predicted octanol–water partition coefficient (Wildman–Crippen LogP) is 1.33. The molecule has 1 fully saturated rings. The van der Waals surface area contributed by atoms with Crippen molar-refractivity contribution in [2.45, 2.75) is 32.4 Å². The fourth-order valence-corrected chi connectivity index (χ4v) is 2.99. The lowest BCUT2D eigenvalue weighted by atomic mass is 9.92. The van der Waals surface area contributed by atoms with Gasteiger partial charge in [-0.3, -0.25) is 9.69 Å². The minimum absolute atomic E-state index is 0.136. The first-order chi connectivity index (χ1) is 10.9. The van der Waals surface area contributed by atoms with Gasteiger partial charge in [-0.2, -0.15) is 0 Å². The van der Waals surface area contributed by atoms with Crippen LogP contribution in [0.2, 0.25) is 0 Å². The Morgan fingerprint density at radius 3 is 2.48 bits per heavy atom. The Balaban J connectivity index is 1.98. The first kappa shape index (κ1) is 17.9. The average Bonchev–Trinajstić information content (AvgIpc) is 2.56. The van der Waals surface area contributed by atoms with Gasteiger partial charge in [0.05, 0.1) is 13.2 Å². The maximum absolute atomic E-state index is 12.6. The highest BCUT2D eigenvalue weighted by Gasteiger charge is 2.32. The molecule has 0 saturated carbocycles. The topological polar surface area (TPSA) is 67.6 Å². The molecule has 1 saturated heterocycles. The van der Waals surface area contributed by atoms with Gasteiger partial charge in [0, 0.05) is 25.7 Å². The molecule has 128 valence electrons. The van der Waals surface area contributed by atoms with E-state index in [1.807, 2.05) is 30.3 Å². The Morgan fingerprint density at radius 1 is 1.30 bits per heavy atom. The van der Waals surface area contributed by atoms with Crippen LogP contribution >= 0.6 is 0 Å². The van der Waals surface area contributed by atoms with Crippen molar-refractivity contribution in [3.63, 3.8) is 0 Å². The van der Waals surface area contributed by atoms with E-state index < -0.39 is 5.54 Å². The molecule has 1 aromatic rings. The first-order valence-corrected chi connectivity index (χ1v) is 8.37. The van der Waals surface area contributed by atoms with E-state index in [4.69, 9.17) is 10.5 Å². The molecule has 1 amide bonds. The molecule has 2 atom stereocenters. The summed E-state index contributed by atoms with van der Waals surface area (Å²) in [7, 11) is 0. The quantitative estimate of drug-likeness (QED) is 0.830. The van der Waals surface area contributed by atoms with Gasteiger partial charge < -0.3 is 15.8 Å². The first-order valence-electron chi connectivity index (χ1n) is 8.37. The molecule has 0 spiro atoms. The van der Waals surface area contributed by atoms with Gasteiger partial charge >= 0.3 is 0 Å². The zero-order valence-electron chi connectivity index (χ0n) is 14.4. The van der Waals surface area contributed by atoms with Crippen molar-refractivity contribution in [3.8, 4) is 0 Å². The lowest BCUT2D eigenvalue weighted by molar-refractivity contribution is -0.126. The number of rotatable bonds is 6. The molecule has 0 aliphatic carbocycles. The number of carbonyl (C=O) groups excluding carboxylic acids is 1. The predicted molar refractivity (Wildman–Crippen MR) is 92.0 cm³/mol. The molecule has 2 unspecified atom stereocenters. The Morgan fingerprint density at radius 2 is 1.91 bits per heavy atom. The van der Waals surface area contributed by atoms with Crippen LogP contribution in [-0.4, -0.2) is 49.7 Å². The highest BCUT2D eigenvalue weighted by molar-refractivity contribution is 5.87. The second kappa shape index (κ2) is 7.90. The van der Waals surface area contributed by atoms with E-state index in [1.165, 1.54) is 0 Å². The summed E-state index contributed by atoms with van der Waals surface area (Å²) >= 11 is 0. The number of morpholine rings is 1. The van der Waals surface area contributed by atoms with E-state index >= 15 is 0 Å². The summed E-state index contributed by atoms with van der Waals surface area (Å²) in [5.74, 6) is 0.316. The third-order valence-corrected chi connectivity index (χ3v) is 4.60. The van der Waals surface area contributed by atoms with Crippen molar-refractivity contribution >= 4 is 5.91 Å². The molecule has 5 heteroatoms. The van der Waals surface area contributed by atoms with Crippen LogP contribution in [0.5, 0.6) is 0 Å². The number of nitrogens with one attached hydrogen (secondary N) is 1. The second-order valence-electron chi connectivity index (χ2n) is 6.74. The molecule has 0 radical (unpaired) electrons.